The van der Waals surface area contributed by atoms with Crippen molar-refractivity contribution < 1.29 is 9.53 Å². The van der Waals surface area contributed by atoms with Gasteiger partial charge in [-0.1, -0.05) is 20.8 Å². The van der Waals surface area contributed by atoms with E-state index in [0.717, 1.165) is 19.3 Å². The van der Waals surface area contributed by atoms with Crippen LogP contribution in [0.4, 0.5) is 5.95 Å². The Hall–Kier alpha value is -2.22. The molecule has 0 aromatic carbocycles. The van der Waals surface area contributed by atoms with Crippen LogP contribution in [0.15, 0.2) is 11.1 Å². The molecule has 0 spiro atoms. The van der Waals surface area contributed by atoms with E-state index in [2.05, 4.69) is 27.2 Å². The summed E-state index contributed by atoms with van der Waals surface area (Å²) >= 11 is 0. The maximum Gasteiger partial charge on any atom is 0.280 e. The van der Waals surface area contributed by atoms with Crippen molar-refractivity contribution in [3.05, 3.63) is 16.7 Å². The number of nitrogens with one attached hydrogen (secondary N) is 2. The normalized spacial score (nSPS) is 21.2. The highest BCUT2D eigenvalue weighted by molar-refractivity contribution is 5.91. The molecule has 1 saturated heterocycles. The Balaban J connectivity index is 1.96. The van der Waals surface area contributed by atoms with Crippen molar-refractivity contribution >= 4 is 23.0 Å². The first-order valence-corrected chi connectivity index (χ1v) is 7.92. The Bertz CT molecular complexity index is 779. The van der Waals surface area contributed by atoms with E-state index >= 15 is 0 Å². The van der Waals surface area contributed by atoms with Crippen LogP contribution in [0, 0.1) is 5.92 Å². The number of anilines is 1. The first-order chi connectivity index (χ1) is 11.0. The highest BCUT2D eigenvalue weighted by Crippen LogP contribution is 2.31. The van der Waals surface area contributed by atoms with E-state index in [9.17, 15) is 9.59 Å². The lowest BCUT2D eigenvalue weighted by molar-refractivity contribution is -0.118. The molecule has 1 fully saturated rings. The number of amides is 1. The lowest BCUT2D eigenvalue weighted by atomic mass is 10.2. The number of fused-ring (bicyclic) bond motifs is 1. The van der Waals surface area contributed by atoms with Crippen molar-refractivity contribution in [2.75, 3.05) is 5.32 Å². The van der Waals surface area contributed by atoms with E-state index in [4.69, 9.17) is 4.74 Å². The standard InChI is InChI=1S/C15H21N5O3/c1-4-9-5-6-10(23-9)20-7-16-11-12(20)17-15(19-14(11)22)18-13(21)8(2)3/h7-10H,4-6H2,1-3H3,(H2,17,18,19,21,22)/t9-,10-/m1/s1. The van der Waals surface area contributed by atoms with Gasteiger partial charge in [0.1, 0.15) is 6.23 Å². The molecular weight excluding hydrogens is 298 g/mol. The van der Waals surface area contributed by atoms with Crippen LogP contribution in [0.25, 0.3) is 11.2 Å². The number of H-pyrrole nitrogens is 1. The zero-order chi connectivity index (χ0) is 16.6. The fourth-order valence-corrected chi connectivity index (χ4v) is 2.65. The molecule has 1 aliphatic heterocycles. The van der Waals surface area contributed by atoms with Gasteiger partial charge in [-0.25, -0.2) is 4.98 Å². The number of aromatic nitrogens is 4. The molecule has 124 valence electrons. The smallest absolute Gasteiger partial charge is 0.280 e. The van der Waals surface area contributed by atoms with Crippen LogP contribution in [0.5, 0.6) is 0 Å². The first-order valence-electron chi connectivity index (χ1n) is 7.92. The lowest BCUT2D eigenvalue weighted by Crippen LogP contribution is -2.22. The first kappa shape index (κ1) is 15.7. The maximum absolute atomic E-state index is 12.1. The van der Waals surface area contributed by atoms with Crippen LogP contribution in [0.2, 0.25) is 0 Å². The molecular formula is C15H21N5O3. The quantitative estimate of drug-likeness (QED) is 0.894. The van der Waals surface area contributed by atoms with Gasteiger partial charge in [0.05, 0.1) is 12.4 Å². The molecule has 8 nitrogen and oxygen atoms in total. The minimum Gasteiger partial charge on any atom is -0.355 e. The summed E-state index contributed by atoms with van der Waals surface area (Å²) in [6.07, 6.45) is 4.40. The Morgan fingerprint density at radius 3 is 2.96 bits per heavy atom. The molecule has 1 aliphatic rings. The van der Waals surface area contributed by atoms with E-state index in [1.807, 2.05) is 0 Å². The molecule has 8 heteroatoms. The number of carbonyl (C=O) groups is 1. The number of hydrogen-bond acceptors (Lipinski definition) is 5. The molecule has 0 bridgehead atoms. The van der Waals surface area contributed by atoms with Crippen LogP contribution >= 0.6 is 0 Å². The summed E-state index contributed by atoms with van der Waals surface area (Å²) in [5.74, 6) is -0.279. The number of aromatic amines is 1. The average molecular weight is 319 g/mol. The van der Waals surface area contributed by atoms with Gasteiger partial charge in [0, 0.05) is 5.92 Å². The summed E-state index contributed by atoms with van der Waals surface area (Å²) in [4.78, 5) is 35.0. The molecule has 2 aromatic rings. The van der Waals surface area contributed by atoms with Crippen molar-refractivity contribution in [1.29, 1.82) is 0 Å². The van der Waals surface area contributed by atoms with Gasteiger partial charge in [0.25, 0.3) is 5.56 Å². The Kier molecular flexibility index (Phi) is 4.16. The molecule has 0 aliphatic carbocycles. The second-order valence-corrected chi connectivity index (χ2v) is 6.08. The van der Waals surface area contributed by atoms with Crippen LogP contribution < -0.4 is 10.9 Å². The predicted molar refractivity (Wildman–Crippen MR) is 85.1 cm³/mol. The van der Waals surface area contributed by atoms with E-state index in [1.165, 1.54) is 0 Å². The topological polar surface area (TPSA) is 102 Å². The van der Waals surface area contributed by atoms with Gasteiger partial charge in [-0.3, -0.25) is 24.5 Å². The second-order valence-electron chi connectivity index (χ2n) is 6.08. The molecule has 2 aromatic heterocycles. The van der Waals surface area contributed by atoms with Crippen molar-refractivity contribution in [3.63, 3.8) is 0 Å². The van der Waals surface area contributed by atoms with Gasteiger partial charge in [-0.2, -0.15) is 4.98 Å². The predicted octanol–water partition coefficient (Wildman–Crippen LogP) is 1.80. The van der Waals surface area contributed by atoms with Crippen LogP contribution in [-0.2, 0) is 9.53 Å². The Morgan fingerprint density at radius 1 is 1.52 bits per heavy atom. The number of rotatable bonds is 4. The maximum atomic E-state index is 12.1. The van der Waals surface area contributed by atoms with Crippen molar-refractivity contribution in [2.24, 2.45) is 5.92 Å². The van der Waals surface area contributed by atoms with Crippen molar-refractivity contribution in [1.82, 2.24) is 19.5 Å². The van der Waals surface area contributed by atoms with Gasteiger partial charge in [-0.05, 0) is 19.3 Å². The SMILES string of the molecule is CC[C@@H]1CC[C@H](n2cnc3c(=O)[nH]c(NC(=O)C(C)C)nc32)O1. The monoisotopic (exact) mass is 319 g/mol. The van der Waals surface area contributed by atoms with E-state index < -0.39 is 0 Å². The fourth-order valence-electron chi connectivity index (χ4n) is 2.65. The summed E-state index contributed by atoms with van der Waals surface area (Å²) in [5.41, 5.74) is 0.295. The number of nitrogens with zero attached hydrogens (tertiary/aromatic N) is 3. The largest absolute Gasteiger partial charge is 0.355 e. The summed E-state index contributed by atoms with van der Waals surface area (Å²) in [6.45, 7) is 5.63. The molecule has 23 heavy (non-hydrogen) atoms. The second kappa shape index (κ2) is 6.11. The number of ether oxygens (including phenoxy) is 1. The number of carbonyl (C=O) groups excluding carboxylic acids is 1. The van der Waals surface area contributed by atoms with Gasteiger partial charge < -0.3 is 4.74 Å². The third-order valence-corrected chi connectivity index (χ3v) is 4.05. The van der Waals surface area contributed by atoms with Gasteiger partial charge in [0.2, 0.25) is 11.9 Å². The molecule has 2 N–H and O–H groups in total. The molecule has 0 radical (unpaired) electrons. The van der Waals surface area contributed by atoms with Crippen LogP contribution in [-0.4, -0.2) is 31.5 Å². The summed E-state index contributed by atoms with van der Waals surface area (Å²) in [7, 11) is 0. The van der Waals surface area contributed by atoms with E-state index in [-0.39, 0.29) is 41.2 Å². The lowest BCUT2D eigenvalue weighted by Gasteiger charge is -2.14. The van der Waals surface area contributed by atoms with Crippen LogP contribution in [0.1, 0.15) is 46.3 Å². The van der Waals surface area contributed by atoms with Crippen molar-refractivity contribution in [2.45, 2.75) is 52.4 Å². The molecule has 0 saturated carbocycles. The number of hydrogen-bond donors (Lipinski definition) is 2. The van der Waals surface area contributed by atoms with Gasteiger partial charge in [-0.15, -0.1) is 0 Å². The van der Waals surface area contributed by atoms with Crippen molar-refractivity contribution in [3.8, 4) is 0 Å². The molecule has 0 unspecified atom stereocenters. The zero-order valence-corrected chi connectivity index (χ0v) is 13.5. The highest BCUT2D eigenvalue weighted by Gasteiger charge is 2.27. The summed E-state index contributed by atoms with van der Waals surface area (Å²) in [5, 5.41) is 2.61. The summed E-state index contributed by atoms with van der Waals surface area (Å²) < 4.78 is 7.71. The minimum atomic E-state index is -0.377. The average Bonchev–Trinajstić information content (AvgIpc) is 3.12. The molecule has 3 rings (SSSR count). The highest BCUT2D eigenvalue weighted by atomic mass is 16.5. The third kappa shape index (κ3) is 2.98. The molecule has 2 atom stereocenters. The van der Waals surface area contributed by atoms with Gasteiger partial charge >= 0.3 is 0 Å². The Labute approximate surface area is 133 Å². The van der Waals surface area contributed by atoms with E-state index in [0.29, 0.717) is 5.65 Å². The zero-order valence-electron chi connectivity index (χ0n) is 13.5. The third-order valence-electron chi connectivity index (χ3n) is 4.05. The molecule has 3 heterocycles. The van der Waals surface area contributed by atoms with Crippen LogP contribution in [0.3, 0.4) is 0 Å². The summed E-state index contributed by atoms with van der Waals surface area (Å²) in [6, 6.07) is 0. The molecule has 1 amide bonds. The van der Waals surface area contributed by atoms with Gasteiger partial charge in [0.15, 0.2) is 11.2 Å². The fraction of sp³-hybridized carbons (Fsp3) is 0.600. The number of imidazole rings is 1. The Morgan fingerprint density at radius 2 is 2.30 bits per heavy atom. The van der Waals surface area contributed by atoms with E-state index in [1.54, 1.807) is 24.7 Å². The minimum absolute atomic E-state index is 0.132.